The zero-order chi connectivity index (χ0) is 41.0. The lowest BCUT2D eigenvalue weighted by atomic mass is 9.57. The summed E-state index contributed by atoms with van der Waals surface area (Å²) < 4.78 is 0. The van der Waals surface area contributed by atoms with Gasteiger partial charge in [0.1, 0.15) is 0 Å². The Morgan fingerprint density at radius 2 is 0.984 bits per heavy atom. The van der Waals surface area contributed by atoms with Crippen LogP contribution in [0.25, 0.3) is 11.1 Å². The summed E-state index contributed by atoms with van der Waals surface area (Å²) in [6.07, 6.45) is 8.94. The highest BCUT2D eigenvalue weighted by Gasteiger charge is 2.40. The molecule has 3 heterocycles. The normalized spacial score (nSPS) is 17.0. The highest BCUT2D eigenvalue weighted by molar-refractivity contribution is 6.83. The molecule has 1 aliphatic carbocycles. The average molecular weight is 793 g/mol. The quantitative estimate of drug-likeness (QED) is 0.156. The highest BCUT2D eigenvalue weighted by atomic mass is 15.2. The molecule has 0 radical (unpaired) electrons. The molecule has 3 aliphatic heterocycles. The van der Waals surface area contributed by atoms with Gasteiger partial charge in [0, 0.05) is 28.5 Å². The van der Waals surface area contributed by atoms with Gasteiger partial charge in [0.05, 0.1) is 34.6 Å². The summed E-state index contributed by atoms with van der Waals surface area (Å²) in [5.41, 5.74) is 19.6. The fraction of sp³-hybridized carbons (Fsp3) is 0.0526. The van der Waals surface area contributed by atoms with Gasteiger partial charge >= 0.3 is 6.98 Å². The Morgan fingerprint density at radius 3 is 1.66 bits per heavy atom. The summed E-state index contributed by atoms with van der Waals surface area (Å²) in [7, 11) is 0. The molecule has 0 saturated carbocycles. The van der Waals surface area contributed by atoms with Crippen molar-refractivity contribution >= 4 is 52.3 Å². The number of allylic oxidation sites excluding steroid dienone is 4. The third-order valence-corrected chi connectivity index (χ3v) is 12.9. The van der Waals surface area contributed by atoms with E-state index in [4.69, 9.17) is 9.98 Å². The highest BCUT2D eigenvalue weighted by Crippen LogP contribution is 2.46. The van der Waals surface area contributed by atoms with Gasteiger partial charge in [-0.25, -0.2) is 0 Å². The molecule has 12 rings (SSSR count). The molecule has 2 unspecified atom stereocenters. The van der Waals surface area contributed by atoms with Crippen molar-refractivity contribution in [3.05, 3.63) is 263 Å². The van der Waals surface area contributed by atoms with Crippen molar-refractivity contribution in [3.8, 4) is 11.1 Å². The zero-order valence-corrected chi connectivity index (χ0v) is 34.0. The molecule has 8 aromatic carbocycles. The Morgan fingerprint density at radius 1 is 0.452 bits per heavy atom. The molecule has 292 valence electrons. The van der Waals surface area contributed by atoms with Gasteiger partial charge in [-0.2, -0.15) is 0 Å². The van der Waals surface area contributed by atoms with Gasteiger partial charge in [0.2, 0.25) is 0 Å². The number of para-hydroxylation sites is 3. The van der Waals surface area contributed by atoms with Crippen LogP contribution in [0.1, 0.15) is 56.7 Å². The molecule has 0 fully saturated rings. The van der Waals surface area contributed by atoms with Crippen LogP contribution in [0.3, 0.4) is 0 Å². The Bertz CT molecular complexity index is 3140. The molecular formula is C57H41BN4. The van der Waals surface area contributed by atoms with Gasteiger partial charge in [-0.3, -0.25) is 9.98 Å². The summed E-state index contributed by atoms with van der Waals surface area (Å²) in [6, 6.07) is 72.3. The van der Waals surface area contributed by atoms with E-state index in [1.807, 2.05) is 0 Å². The number of nitrogens with zero attached hydrogens (tertiary/aromatic N) is 3. The van der Waals surface area contributed by atoms with E-state index in [1.54, 1.807) is 0 Å². The molecule has 2 atom stereocenters. The minimum absolute atomic E-state index is 0.0329. The fourth-order valence-electron chi connectivity index (χ4n) is 10.2. The molecule has 0 amide bonds. The Kier molecular flexibility index (Phi) is 8.77. The second kappa shape index (κ2) is 15.1. The lowest BCUT2D eigenvalue weighted by molar-refractivity contribution is 1.11. The van der Waals surface area contributed by atoms with E-state index in [1.165, 1.54) is 44.4 Å². The molecule has 8 aromatic rings. The van der Waals surface area contributed by atoms with Crippen LogP contribution in [0.4, 0.5) is 28.4 Å². The summed E-state index contributed by atoms with van der Waals surface area (Å²) in [5.74, 6) is 0.238. The molecule has 62 heavy (non-hydrogen) atoms. The molecule has 0 aromatic heterocycles. The zero-order valence-electron chi connectivity index (χ0n) is 34.0. The first-order valence-corrected chi connectivity index (χ1v) is 21.6. The van der Waals surface area contributed by atoms with Crippen LogP contribution in [-0.4, -0.2) is 18.4 Å². The maximum absolute atomic E-state index is 5.35. The van der Waals surface area contributed by atoms with Gasteiger partial charge in [-0.1, -0.05) is 182 Å². The first kappa shape index (κ1) is 36.1. The number of fused-ring (bicyclic) bond motifs is 5. The van der Waals surface area contributed by atoms with Gasteiger partial charge in [-0.15, -0.1) is 0 Å². The topological polar surface area (TPSA) is 40.0 Å². The van der Waals surface area contributed by atoms with Crippen LogP contribution in [0.15, 0.2) is 234 Å². The van der Waals surface area contributed by atoms with Crippen molar-refractivity contribution in [1.29, 1.82) is 0 Å². The van der Waals surface area contributed by atoms with Gasteiger partial charge < -0.3 is 10.0 Å². The van der Waals surface area contributed by atoms with Crippen LogP contribution in [0.5, 0.6) is 0 Å². The monoisotopic (exact) mass is 792 g/mol. The molecule has 4 aliphatic rings. The van der Waals surface area contributed by atoms with E-state index < -0.39 is 0 Å². The second-order valence-corrected chi connectivity index (χ2v) is 16.5. The summed E-state index contributed by atoms with van der Waals surface area (Å²) in [5, 5.41) is 4.16. The fourth-order valence-corrected chi connectivity index (χ4v) is 10.2. The van der Waals surface area contributed by atoms with Crippen LogP contribution < -0.4 is 15.5 Å². The number of aliphatic imine (C=N–C) groups is 2. The lowest BCUT2D eigenvalue weighted by Gasteiger charge is -2.40. The molecule has 1 N–H and O–H groups in total. The van der Waals surface area contributed by atoms with Crippen molar-refractivity contribution in [2.24, 2.45) is 9.98 Å². The Balaban J connectivity index is 1.01. The van der Waals surface area contributed by atoms with Crippen molar-refractivity contribution in [3.63, 3.8) is 0 Å². The van der Waals surface area contributed by atoms with Crippen molar-refractivity contribution < 1.29 is 0 Å². The first-order valence-electron chi connectivity index (χ1n) is 21.6. The summed E-state index contributed by atoms with van der Waals surface area (Å²) >= 11 is 0. The number of benzene rings is 8. The minimum atomic E-state index is -0.260. The van der Waals surface area contributed by atoms with Gasteiger partial charge in [0.15, 0.2) is 0 Å². The van der Waals surface area contributed by atoms with Crippen molar-refractivity contribution in [1.82, 2.24) is 0 Å². The van der Waals surface area contributed by atoms with E-state index in [2.05, 4.69) is 235 Å². The molecular weight excluding hydrogens is 751 g/mol. The third-order valence-electron chi connectivity index (χ3n) is 12.9. The smallest absolute Gasteiger partial charge is 0.405 e. The lowest BCUT2D eigenvalue weighted by Crippen LogP contribution is -2.56. The minimum Gasteiger partial charge on any atom is -0.405 e. The predicted octanol–water partition coefficient (Wildman–Crippen LogP) is 13.1. The predicted molar refractivity (Wildman–Crippen MR) is 259 cm³/mol. The van der Waals surface area contributed by atoms with Crippen molar-refractivity contribution in [2.75, 3.05) is 10.0 Å². The van der Waals surface area contributed by atoms with Gasteiger partial charge in [0.25, 0.3) is 0 Å². The maximum atomic E-state index is 5.35. The third kappa shape index (κ3) is 6.08. The Labute approximate surface area is 363 Å². The SMILES string of the molecule is C1=CC(c2cccc3c2B(Nc2cccc(C4=Nc5ccccc5C4c4ccccc4)c2)N(c2cccc(C4=Nc5ccccc5C4c4ccccc4)c2)c2ccccc2-3)C=C1. The maximum Gasteiger partial charge on any atom is 0.414 e. The van der Waals surface area contributed by atoms with E-state index in [-0.39, 0.29) is 24.7 Å². The van der Waals surface area contributed by atoms with Crippen molar-refractivity contribution in [2.45, 2.75) is 17.8 Å². The standard InChI is InChI=1S/C57H41BN4/c1-3-20-39(21-4-1)53-48-29-9-12-33-50(48)59-56(53)41-24-15-26-43(36-41)61-58-55-45(38-18-7-8-19-38)31-17-32-47(55)46-28-11-14-35-52(46)62(58)44-27-16-25-42(37-44)57-54(40-22-5-2-6-23-40)49-30-10-13-34-51(49)60-57/h1-38,53-54,61H. The molecule has 0 spiro atoms. The molecule has 4 nitrogen and oxygen atoms in total. The van der Waals surface area contributed by atoms with Crippen LogP contribution >= 0.6 is 0 Å². The second-order valence-electron chi connectivity index (χ2n) is 16.5. The number of rotatable bonds is 8. The first-order chi connectivity index (χ1) is 30.8. The van der Waals surface area contributed by atoms with E-state index in [9.17, 15) is 0 Å². The number of hydrogen-bond acceptors (Lipinski definition) is 4. The van der Waals surface area contributed by atoms with Crippen LogP contribution in [0, 0.1) is 0 Å². The largest absolute Gasteiger partial charge is 0.414 e. The van der Waals surface area contributed by atoms with Crippen LogP contribution in [-0.2, 0) is 0 Å². The van der Waals surface area contributed by atoms with E-state index >= 15 is 0 Å². The molecule has 5 heteroatoms. The van der Waals surface area contributed by atoms with Gasteiger partial charge in [-0.05, 0) is 92.4 Å². The molecule has 0 saturated heterocycles. The summed E-state index contributed by atoms with van der Waals surface area (Å²) in [4.78, 5) is 13.2. The molecule has 0 bridgehead atoms. The Hall–Kier alpha value is -7.76. The summed E-state index contributed by atoms with van der Waals surface area (Å²) in [6.45, 7) is -0.260. The van der Waals surface area contributed by atoms with E-state index in [0.717, 1.165) is 51.0 Å². The number of hydrogen-bond donors (Lipinski definition) is 1. The van der Waals surface area contributed by atoms with Crippen LogP contribution in [0.2, 0.25) is 0 Å². The number of nitrogens with one attached hydrogen (secondary N) is 1. The van der Waals surface area contributed by atoms with E-state index in [0.29, 0.717) is 0 Å². The number of anilines is 3. The average Bonchev–Trinajstić information content (AvgIpc) is 4.11.